The Balaban J connectivity index is 1.47. The van der Waals surface area contributed by atoms with Crippen LogP contribution >= 0.6 is 0 Å². The van der Waals surface area contributed by atoms with Crippen LogP contribution in [0, 0.1) is 5.92 Å². The number of likely N-dealkylation sites (tertiary alicyclic amines) is 2. The molecule has 0 aromatic heterocycles. The van der Waals surface area contributed by atoms with Gasteiger partial charge in [0.2, 0.25) is 5.91 Å². The van der Waals surface area contributed by atoms with Crippen LogP contribution in [0.3, 0.4) is 0 Å². The van der Waals surface area contributed by atoms with Crippen LogP contribution < -0.4 is 11.1 Å². The predicted molar refractivity (Wildman–Crippen MR) is 96.9 cm³/mol. The molecule has 0 aliphatic carbocycles. The van der Waals surface area contributed by atoms with Crippen molar-refractivity contribution >= 4 is 11.9 Å². The number of amides is 3. The third kappa shape index (κ3) is 4.31. The summed E-state index contributed by atoms with van der Waals surface area (Å²) in [5.74, 6) is -0.334. The van der Waals surface area contributed by atoms with E-state index < -0.39 is 0 Å². The van der Waals surface area contributed by atoms with E-state index in [1.54, 1.807) is 0 Å². The van der Waals surface area contributed by atoms with E-state index in [2.05, 4.69) is 41.4 Å². The van der Waals surface area contributed by atoms with Gasteiger partial charge in [0, 0.05) is 44.2 Å². The van der Waals surface area contributed by atoms with Gasteiger partial charge < -0.3 is 16.0 Å². The number of nitrogens with two attached hydrogens (primary N) is 1. The molecule has 0 bridgehead atoms. The molecule has 0 saturated carbocycles. The van der Waals surface area contributed by atoms with Gasteiger partial charge in [0.05, 0.1) is 0 Å². The number of rotatable bonds is 4. The first kappa shape index (κ1) is 17.7. The first-order chi connectivity index (χ1) is 12.0. The summed E-state index contributed by atoms with van der Waals surface area (Å²) in [7, 11) is 0. The molecule has 3 amide bonds. The van der Waals surface area contributed by atoms with Crippen molar-refractivity contribution in [3.8, 4) is 0 Å². The quantitative estimate of drug-likeness (QED) is 0.873. The third-order valence-electron chi connectivity index (χ3n) is 5.56. The van der Waals surface area contributed by atoms with Crippen molar-refractivity contribution in [2.75, 3.05) is 26.2 Å². The van der Waals surface area contributed by atoms with E-state index >= 15 is 0 Å². The number of carbonyl (C=O) groups excluding carboxylic acids is 2. The Morgan fingerprint density at radius 3 is 2.44 bits per heavy atom. The van der Waals surface area contributed by atoms with Crippen molar-refractivity contribution in [3.05, 3.63) is 35.9 Å². The number of hydrogen-bond donors (Lipinski definition) is 2. The summed E-state index contributed by atoms with van der Waals surface area (Å²) >= 11 is 0. The molecule has 2 saturated heterocycles. The van der Waals surface area contributed by atoms with E-state index in [9.17, 15) is 9.59 Å². The maximum absolute atomic E-state index is 12.5. The standard InChI is InChI=1S/C19H28N4O2/c1-14(15-5-3-2-4-6-15)23-12-9-17(13-23)21-19(25)22-10-7-16(8-11-22)18(20)24/h2-6,14,16-17H,7-13H2,1H3,(H2,20,24)(H,21,25)/t14-,17-/m1/s1. The highest BCUT2D eigenvalue weighted by Gasteiger charge is 2.30. The minimum absolute atomic E-state index is 0.0119. The molecule has 2 aliphatic heterocycles. The first-order valence-electron chi connectivity index (χ1n) is 9.18. The zero-order valence-corrected chi connectivity index (χ0v) is 14.9. The second-order valence-corrected chi connectivity index (χ2v) is 7.18. The Morgan fingerprint density at radius 1 is 1.12 bits per heavy atom. The lowest BCUT2D eigenvalue weighted by molar-refractivity contribution is -0.123. The lowest BCUT2D eigenvalue weighted by atomic mass is 9.96. The zero-order valence-electron chi connectivity index (χ0n) is 14.9. The molecule has 3 rings (SSSR count). The summed E-state index contributed by atoms with van der Waals surface area (Å²) in [4.78, 5) is 27.9. The number of hydrogen-bond acceptors (Lipinski definition) is 3. The second kappa shape index (κ2) is 7.87. The Kier molecular flexibility index (Phi) is 5.58. The van der Waals surface area contributed by atoms with Gasteiger partial charge in [-0.3, -0.25) is 9.69 Å². The van der Waals surface area contributed by atoms with Crippen LogP contribution in [0.2, 0.25) is 0 Å². The first-order valence-corrected chi connectivity index (χ1v) is 9.18. The third-order valence-corrected chi connectivity index (χ3v) is 5.56. The summed E-state index contributed by atoms with van der Waals surface area (Å²) in [5.41, 5.74) is 6.66. The van der Waals surface area contributed by atoms with Crippen molar-refractivity contribution in [2.45, 2.75) is 38.3 Å². The lowest BCUT2D eigenvalue weighted by Gasteiger charge is -2.31. The fraction of sp³-hybridized carbons (Fsp3) is 0.579. The van der Waals surface area contributed by atoms with E-state index in [1.165, 1.54) is 5.56 Å². The van der Waals surface area contributed by atoms with E-state index in [1.807, 2.05) is 11.0 Å². The highest BCUT2D eigenvalue weighted by atomic mass is 16.2. The molecule has 6 heteroatoms. The molecule has 136 valence electrons. The Morgan fingerprint density at radius 2 is 1.80 bits per heavy atom. The van der Waals surface area contributed by atoms with Gasteiger partial charge in [-0.25, -0.2) is 4.79 Å². The average Bonchev–Trinajstić information content (AvgIpc) is 3.10. The summed E-state index contributed by atoms with van der Waals surface area (Å²) in [6, 6.07) is 11.0. The van der Waals surface area contributed by atoms with Crippen LogP contribution in [0.15, 0.2) is 30.3 Å². The van der Waals surface area contributed by atoms with Gasteiger partial charge >= 0.3 is 6.03 Å². The molecule has 2 fully saturated rings. The molecular weight excluding hydrogens is 316 g/mol. The molecule has 0 spiro atoms. The van der Waals surface area contributed by atoms with E-state index in [0.717, 1.165) is 19.5 Å². The molecular formula is C19H28N4O2. The maximum atomic E-state index is 12.5. The molecule has 0 unspecified atom stereocenters. The number of benzene rings is 1. The molecule has 2 aliphatic rings. The second-order valence-electron chi connectivity index (χ2n) is 7.18. The molecule has 2 atom stereocenters. The molecule has 3 N–H and O–H groups in total. The molecule has 1 aromatic carbocycles. The minimum atomic E-state index is -0.249. The van der Waals surface area contributed by atoms with Crippen LogP contribution in [-0.4, -0.2) is 54.0 Å². The number of nitrogens with zero attached hydrogens (tertiary/aromatic N) is 2. The SMILES string of the molecule is C[C@H](c1ccccc1)N1CC[C@@H](NC(=O)N2CCC(C(N)=O)CC2)C1. The fourth-order valence-corrected chi connectivity index (χ4v) is 3.83. The van der Waals surface area contributed by atoms with Crippen molar-refractivity contribution in [1.29, 1.82) is 0 Å². The van der Waals surface area contributed by atoms with E-state index in [0.29, 0.717) is 32.0 Å². The van der Waals surface area contributed by atoms with Crippen LogP contribution in [0.25, 0.3) is 0 Å². The summed E-state index contributed by atoms with van der Waals surface area (Å²) in [6.45, 7) is 5.30. The van der Waals surface area contributed by atoms with Crippen LogP contribution in [0.5, 0.6) is 0 Å². The van der Waals surface area contributed by atoms with Gasteiger partial charge in [0.25, 0.3) is 0 Å². The number of urea groups is 1. The molecule has 25 heavy (non-hydrogen) atoms. The molecule has 6 nitrogen and oxygen atoms in total. The minimum Gasteiger partial charge on any atom is -0.369 e. The number of primary amides is 1. The van der Waals surface area contributed by atoms with Gasteiger partial charge in [-0.2, -0.15) is 0 Å². The van der Waals surface area contributed by atoms with Crippen molar-refractivity contribution < 1.29 is 9.59 Å². The highest BCUT2D eigenvalue weighted by molar-refractivity contribution is 5.78. The topological polar surface area (TPSA) is 78.7 Å². The van der Waals surface area contributed by atoms with Crippen LogP contribution in [0.1, 0.15) is 37.8 Å². The Labute approximate surface area is 149 Å². The Hall–Kier alpha value is -2.08. The monoisotopic (exact) mass is 344 g/mol. The largest absolute Gasteiger partial charge is 0.369 e. The molecule has 2 heterocycles. The van der Waals surface area contributed by atoms with Gasteiger partial charge in [0.1, 0.15) is 0 Å². The maximum Gasteiger partial charge on any atom is 0.317 e. The molecule has 1 aromatic rings. The van der Waals surface area contributed by atoms with E-state index in [-0.39, 0.29) is 23.9 Å². The lowest BCUT2D eigenvalue weighted by Crippen LogP contribution is -2.49. The normalized spacial score (nSPS) is 23.4. The number of piperidine rings is 1. The van der Waals surface area contributed by atoms with Crippen LogP contribution in [-0.2, 0) is 4.79 Å². The van der Waals surface area contributed by atoms with Crippen LogP contribution in [0.4, 0.5) is 4.79 Å². The summed E-state index contributed by atoms with van der Waals surface area (Å²) < 4.78 is 0. The smallest absolute Gasteiger partial charge is 0.317 e. The summed E-state index contributed by atoms with van der Waals surface area (Å²) in [5, 5.41) is 3.16. The van der Waals surface area contributed by atoms with Crippen molar-refractivity contribution in [3.63, 3.8) is 0 Å². The number of nitrogens with one attached hydrogen (secondary N) is 1. The molecule has 0 radical (unpaired) electrons. The summed E-state index contributed by atoms with van der Waals surface area (Å²) in [6.07, 6.45) is 2.32. The van der Waals surface area contributed by atoms with Gasteiger partial charge in [-0.05, 0) is 31.7 Å². The number of carbonyl (C=O) groups is 2. The van der Waals surface area contributed by atoms with Gasteiger partial charge in [-0.15, -0.1) is 0 Å². The van der Waals surface area contributed by atoms with Crippen molar-refractivity contribution in [1.82, 2.24) is 15.1 Å². The highest BCUT2D eigenvalue weighted by Crippen LogP contribution is 2.24. The van der Waals surface area contributed by atoms with Gasteiger partial charge in [-0.1, -0.05) is 30.3 Å². The van der Waals surface area contributed by atoms with Crippen molar-refractivity contribution in [2.24, 2.45) is 11.7 Å². The predicted octanol–water partition coefficient (Wildman–Crippen LogP) is 1.73. The van der Waals surface area contributed by atoms with Gasteiger partial charge in [0.15, 0.2) is 0 Å². The Bertz CT molecular complexity index is 599. The average molecular weight is 344 g/mol. The zero-order chi connectivity index (χ0) is 17.8. The van der Waals surface area contributed by atoms with E-state index in [4.69, 9.17) is 5.73 Å². The fourth-order valence-electron chi connectivity index (χ4n) is 3.83.